The number of carbonyl (C=O) groups excluding carboxylic acids is 2. The molecule has 0 atom stereocenters. The molecule has 1 N–H and O–H groups in total. The molecule has 0 bridgehead atoms. The highest BCUT2D eigenvalue weighted by atomic mass is 16.3. The zero-order valence-electron chi connectivity index (χ0n) is 16.5. The molecule has 1 aliphatic rings. The molecule has 4 nitrogen and oxygen atoms in total. The molecular weight excluding hydrogens is 386 g/mol. The Bertz CT molecular complexity index is 1510. The van der Waals surface area contributed by atoms with Gasteiger partial charge in [-0.15, -0.1) is 0 Å². The Kier molecular flexibility index (Phi) is 3.80. The van der Waals surface area contributed by atoms with Crippen molar-refractivity contribution in [2.45, 2.75) is 6.42 Å². The van der Waals surface area contributed by atoms with Crippen molar-refractivity contribution in [3.63, 3.8) is 0 Å². The van der Waals surface area contributed by atoms with E-state index in [0.717, 1.165) is 49.8 Å². The third-order valence-electron chi connectivity index (χ3n) is 5.89. The van der Waals surface area contributed by atoms with Gasteiger partial charge in [0.1, 0.15) is 11.2 Å². The summed E-state index contributed by atoms with van der Waals surface area (Å²) in [5, 5.41) is 4.60. The first-order chi connectivity index (χ1) is 15.2. The molecule has 6 rings (SSSR count). The van der Waals surface area contributed by atoms with Crippen molar-refractivity contribution >= 4 is 33.8 Å². The summed E-state index contributed by atoms with van der Waals surface area (Å²) >= 11 is 0. The van der Waals surface area contributed by atoms with Crippen LogP contribution in [0.15, 0.2) is 89.3 Å². The number of imide groups is 1. The number of fused-ring (bicyclic) bond motifs is 4. The lowest BCUT2D eigenvalue weighted by Gasteiger charge is -2.16. The Balaban J connectivity index is 1.41. The van der Waals surface area contributed by atoms with Crippen LogP contribution in [-0.4, -0.2) is 11.8 Å². The minimum absolute atomic E-state index is 0.238. The van der Waals surface area contributed by atoms with Crippen LogP contribution in [0.25, 0.3) is 44.2 Å². The summed E-state index contributed by atoms with van der Waals surface area (Å²) in [7, 11) is 0. The summed E-state index contributed by atoms with van der Waals surface area (Å²) in [6.07, 6.45) is 0.238. The molecule has 0 saturated carbocycles. The first-order valence-corrected chi connectivity index (χ1v) is 10.2. The summed E-state index contributed by atoms with van der Waals surface area (Å²) in [6.45, 7) is 0. The first kappa shape index (κ1) is 17.7. The Labute approximate surface area is 178 Å². The molecule has 0 spiro atoms. The number of furan rings is 1. The van der Waals surface area contributed by atoms with Crippen molar-refractivity contribution in [2.75, 3.05) is 0 Å². The second-order valence-corrected chi connectivity index (χ2v) is 7.78. The molecule has 1 aromatic heterocycles. The fourth-order valence-electron chi connectivity index (χ4n) is 4.35. The topological polar surface area (TPSA) is 59.3 Å². The summed E-state index contributed by atoms with van der Waals surface area (Å²) < 4.78 is 6.16. The maximum Gasteiger partial charge on any atom is 0.258 e. The number of nitrogens with one attached hydrogen (secondary N) is 1. The van der Waals surface area contributed by atoms with Crippen LogP contribution < -0.4 is 5.32 Å². The minimum Gasteiger partial charge on any atom is -0.455 e. The fraction of sp³-hybridized carbons (Fsp3) is 0.0370. The highest BCUT2D eigenvalue weighted by Crippen LogP contribution is 2.36. The van der Waals surface area contributed by atoms with Gasteiger partial charge in [0.15, 0.2) is 0 Å². The van der Waals surface area contributed by atoms with E-state index in [4.69, 9.17) is 4.42 Å². The maximum atomic E-state index is 12.2. The maximum absolute atomic E-state index is 12.2. The van der Waals surface area contributed by atoms with E-state index in [2.05, 4.69) is 41.7 Å². The van der Waals surface area contributed by atoms with Crippen LogP contribution in [0.2, 0.25) is 0 Å². The average molecular weight is 403 g/mol. The van der Waals surface area contributed by atoms with Crippen LogP contribution in [0.1, 0.15) is 15.9 Å². The van der Waals surface area contributed by atoms with Gasteiger partial charge in [0.05, 0.1) is 6.42 Å². The summed E-state index contributed by atoms with van der Waals surface area (Å²) in [5.74, 6) is -0.587. The molecular formula is C27H17NO3. The van der Waals surface area contributed by atoms with Crippen LogP contribution in [-0.2, 0) is 11.2 Å². The van der Waals surface area contributed by atoms with Gasteiger partial charge < -0.3 is 4.42 Å². The molecule has 4 aromatic carbocycles. The van der Waals surface area contributed by atoms with Crippen LogP contribution in [0.5, 0.6) is 0 Å². The summed E-state index contributed by atoms with van der Waals surface area (Å²) in [4.78, 5) is 23.7. The molecule has 0 saturated heterocycles. The number of hydrogen-bond acceptors (Lipinski definition) is 3. The number of hydrogen-bond donors (Lipinski definition) is 1. The molecule has 0 aliphatic carbocycles. The number of amides is 2. The van der Waals surface area contributed by atoms with Gasteiger partial charge >= 0.3 is 0 Å². The van der Waals surface area contributed by atoms with Crippen molar-refractivity contribution in [3.05, 3.63) is 96.1 Å². The van der Waals surface area contributed by atoms with Crippen molar-refractivity contribution in [2.24, 2.45) is 0 Å². The van der Waals surface area contributed by atoms with Crippen LogP contribution in [0, 0.1) is 0 Å². The normalized spacial score (nSPS) is 13.4. The Morgan fingerprint density at radius 3 is 2.29 bits per heavy atom. The van der Waals surface area contributed by atoms with Gasteiger partial charge in [-0.2, -0.15) is 0 Å². The van der Waals surface area contributed by atoms with Crippen LogP contribution >= 0.6 is 0 Å². The third-order valence-corrected chi connectivity index (χ3v) is 5.89. The van der Waals surface area contributed by atoms with E-state index in [0.29, 0.717) is 5.56 Å². The Hall–Kier alpha value is -4.18. The molecule has 0 unspecified atom stereocenters. The van der Waals surface area contributed by atoms with Crippen molar-refractivity contribution in [1.82, 2.24) is 5.32 Å². The van der Waals surface area contributed by atoms with Gasteiger partial charge in [-0.25, -0.2) is 0 Å². The van der Waals surface area contributed by atoms with E-state index in [-0.39, 0.29) is 18.2 Å². The van der Waals surface area contributed by atoms with Gasteiger partial charge in [-0.3, -0.25) is 14.9 Å². The first-order valence-electron chi connectivity index (χ1n) is 10.2. The van der Waals surface area contributed by atoms with Gasteiger partial charge in [-0.1, -0.05) is 72.8 Å². The number of benzene rings is 4. The van der Waals surface area contributed by atoms with E-state index < -0.39 is 0 Å². The van der Waals surface area contributed by atoms with Gasteiger partial charge in [-0.05, 0) is 34.4 Å². The molecule has 0 fully saturated rings. The summed E-state index contributed by atoms with van der Waals surface area (Å²) in [5.41, 5.74) is 7.15. The third kappa shape index (κ3) is 2.84. The van der Waals surface area contributed by atoms with Gasteiger partial charge in [0, 0.05) is 21.9 Å². The van der Waals surface area contributed by atoms with Gasteiger partial charge in [0.2, 0.25) is 5.91 Å². The number of para-hydroxylation sites is 2. The molecule has 1 aliphatic heterocycles. The predicted octanol–water partition coefficient (Wildman–Crippen LogP) is 5.73. The van der Waals surface area contributed by atoms with E-state index in [9.17, 15) is 9.59 Å². The second kappa shape index (κ2) is 6.67. The molecule has 2 heterocycles. The second-order valence-electron chi connectivity index (χ2n) is 7.78. The van der Waals surface area contributed by atoms with E-state index in [1.165, 1.54) is 0 Å². The molecule has 31 heavy (non-hydrogen) atoms. The smallest absolute Gasteiger partial charge is 0.258 e. The standard InChI is InChI=1S/C27H17NO3/c29-25-15-19-13-12-18(14-23(19)27(30)28-25)16-8-10-17(11-9-16)20-5-3-6-22-21-4-1-2-7-24(21)31-26(20)22/h1-14H,15H2,(H,28,29,30). The number of carbonyl (C=O) groups is 2. The molecule has 4 heteroatoms. The van der Waals surface area contributed by atoms with E-state index >= 15 is 0 Å². The molecule has 148 valence electrons. The molecule has 5 aromatic rings. The summed E-state index contributed by atoms with van der Waals surface area (Å²) in [6, 6.07) is 28.2. The monoisotopic (exact) mass is 403 g/mol. The lowest BCUT2D eigenvalue weighted by Crippen LogP contribution is -2.37. The average Bonchev–Trinajstić information content (AvgIpc) is 3.18. The predicted molar refractivity (Wildman–Crippen MR) is 121 cm³/mol. The largest absolute Gasteiger partial charge is 0.455 e. The zero-order valence-corrected chi connectivity index (χ0v) is 16.5. The van der Waals surface area contributed by atoms with Crippen molar-refractivity contribution in [1.29, 1.82) is 0 Å². The van der Waals surface area contributed by atoms with Crippen LogP contribution in [0.4, 0.5) is 0 Å². The Morgan fingerprint density at radius 2 is 1.42 bits per heavy atom. The Morgan fingerprint density at radius 1 is 0.677 bits per heavy atom. The quantitative estimate of drug-likeness (QED) is 0.383. The van der Waals surface area contributed by atoms with Crippen molar-refractivity contribution in [3.8, 4) is 22.3 Å². The lowest BCUT2D eigenvalue weighted by molar-refractivity contribution is -0.119. The van der Waals surface area contributed by atoms with E-state index in [1.807, 2.05) is 48.5 Å². The molecule has 0 radical (unpaired) electrons. The highest BCUT2D eigenvalue weighted by Gasteiger charge is 2.22. The van der Waals surface area contributed by atoms with Crippen LogP contribution in [0.3, 0.4) is 0 Å². The van der Waals surface area contributed by atoms with Crippen molar-refractivity contribution < 1.29 is 14.0 Å². The van der Waals surface area contributed by atoms with Gasteiger partial charge in [0.25, 0.3) is 5.91 Å². The minimum atomic E-state index is -0.332. The fourth-order valence-corrected chi connectivity index (χ4v) is 4.35. The number of rotatable bonds is 2. The highest BCUT2D eigenvalue weighted by molar-refractivity contribution is 6.11. The SMILES string of the molecule is O=C1Cc2ccc(-c3ccc(-c4cccc5c4oc4ccccc45)cc3)cc2C(=O)N1. The van der Waals surface area contributed by atoms with E-state index in [1.54, 1.807) is 0 Å². The molecule has 2 amide bonds. The zero-order chi connectivity index (χ0) is 20.9. The lowest BCUT2D eigenvalue weighted by atomic mass is 9.93.